The summed E-state index contributed by atoms with van der Waals surface area (Å²) in [5, 5.41) is 21.0. The lowest BCUT2D eigenvalue weighted by Crippen LogP contribution is -2.25. The van der Waals surface area contributed by atoms with Crippen LogP contribution >= 0.6 is 0 Å². The maximum absolute atomic E-state index is 13.8. The number of rotatable bonds is 5. The molecule has 190 valence electrons. The summed E-state index contributed by atoms with van der Waals surface area (Å²) < 4.78 is 53.3. The van der Waals surface area contributed by atoms with Gasteiger partial charge in [-0.05, 0) is 84.5 Å². The highest BCUT2D eigenvalue weighted by atomic mass is 19.4. The molecule has 0 bridgehead atoms. The van der Waals surface area contributed by atoms with Crippen molar-refractivity contribution in [1.82, 2.24) is 4.98 Å². The van der Waals surface area contributed by atoms with Gasteiger partial charge in [0.1, 0.15) is 5.82 Å². The van der Waals surface area contributed by atoms with E-state index in [0.717, 1.165) is 65.9 Å². The van der Waals surface area contributed by atoms with Crippen LogP contribution < -0.4 is 0 Å². The molecule has 1 saturated carbocycles. The van der Waals surface area contributed by atoms with Crippen molar-refractivity contribution in [3.8, 4) is 11.1 Å². The molecule has 1 aromatic heterocycles. The number of aliphatic hydroxyl groups is 2. The van der Waals surface area contributed by atoms with E-state index in [2.05, 4.69) is 0 Å². The zero-order valence-corrected chi connectivity index (χ0v) is 19.9. The predicted octanol–water partition coefficient (Wildman–Crippen LogP) is 6.74. The molecule has 0 saturated heterocycles. The van der Waals surface area contributed by atoms with Crippen LogP contribution in [0.3, 0.4) is 0 Å². The topological polar surface area (TPSA) is 53.4 Å². The van der Waals surface area contributed by atoms with Crippen molar-refractivity contribution >= 4 is 0 Å². The van der Waals surface area contributed by atoms with Crippen LogP contribution in [0.1, 0.15) is 77.8 Å². The van der Waals surface area contributed by atoms with E-state index in [0.29, 0.717) is 30.4 Å². The average Bonchev–Trinajstić information content (AvgIpc) is 3.39. The first-order chi connectivity index (χ1) is 17.2. The van der Waals surface area contributed by atoms with Crippen molar-refractivity contribution in [1.29, 1.82) is 0 Å². The smallest absolute Gasteiger partial charge is 0.396 e. The van der Waals surface area contributed by atoms with Gasteiger partial charge in [-0.1, -0.05) is 37.1 Å². The molecule has 2 aromatic carbocycles. The molecule has 0 radical (unpaired) electrons. The molecule has 0 aliphatic heterocycles. The highest BCUT2D eigenvalue weighted by Crippen LogP contribution is 2.46. The monoisotopic (exact) mass is 499 g/mol. The molecule has 36 heavy (non-hydrogen) atoms. The Hall–Kier alpha value is -2.77. The van der Waals surface area contributed by atoms with Gasteiger partial charge in [-0.15, -0.1) is 0 Å². The van der Waals surface area contributed by atoms with Crippen LogP contribution in [0.2, 0.25) is 0 Å². The third-order valence-electron chi connectivity index (χ3n) is 7.61. The first kappa shape index (κ1) is 24.9. The van der Waals surface area contributed by atoms with Crippen molar-refractivity contribution in [2.24, 2.45) is 5.92 Å². The highest BCUT2D eigenvalue weighted by Gasteiger charge is 2.34. The maximum atomic E-state index is 13.8. The van der Waals surface area contributed by atoms with E-state index >= 15 is 0 Å². The minimum absolute atomic E-state index is 0.0455. The lowest BCUT2D eigenvalue weighted by atomic mass is 9.77. The molecule has 1 heterocycles. The van der Waals surface area contributed by atoms with Gasteiger partial charge < -0.3 is 10.2 Å². The maximum Gasteiger partial charge on any atom is 0.416 e. The fraction of sp³-hybridized carbons (Fsp3) is 0.414. The van der Waals surface area contributed by atoms with Gasteiger partial charge >= 0.3 is 6.18 Å². The summed E-state index contributed by atoms with van der Waals surface area (Å²) in [6.45, 7) is -0.0455. The SMILES string of the molecule is OCC1Cc2nc(C3CCCC3)c(Cc3ccc(C(F)(F)F)cc3)c(-c3ccc(F)cc3)c2C(O)C1. The summed E-state index contributed by atoms with van der Waals surface area (Å²) in [7, 11) is 0. The van der Waals surface area contributed by atoms with E-state index in [-0.39, 0.29) is 24.3 Å². The zero-order chi connectivity index (χ0) is 25.4. The van der Waals surface area contributed by atoms with Gasteiger partial charge in [0.25, 0.3) is 0 Å². The number of aliphatic hydroxyl groups excluding tert-OH is 2. The van der Waals surface area contributed by atoms with Gasteiger partial charge in [0.2, 0.25) is 0 Å². The van der Waals surface area contributed by atoms with Crippen LogP contribution in [-0.4, -0.2) is 21.8 Å². The van der Waals surface area contributed by atoms with Gasteiger partial charge in [0.05, 0.1) is 11.7 Å². The van der Waals surface area contributed by atoms with Gasteiger partial charge in [0.15, 0.2) is 0 Å². The minimum Gasteiger partial charge on any atom is -0.396 e. The summed E-state index contributed by atoms with van der Waals surface area (Å²) in [6, 6.07) is 11.3. The number of fused-ring (bicyclic) bond motifs is 1. The third kappa shape index (κ3) is 4.91. The molecule has 2 aliphatic rings. The standard InChI is InChI=1S/C29H29F4NO2/c30-22-11-7-19(8-12-22)26-23(13-17-5-9-21(10-6-17)29(31,32)33)28(20-3-1-2-4-20)34-24-14-18(16-35)15-25(36)27(24)26/h5-12,18,20,25,35-36H,1-4,13-16H2. The molecule has 5 rings (SSSR count). The first-order valence-electron chi connectivity index (χ1n) is 12.5. The molecule has 2 N–H and O–H groups in total. The normalized spacial score (nSPS) is 20.5. The number of hydrogen-bond acceptors (Lipinski definition) is 3. The van der Waals surface area contributed by atoms with Crippen molar-refractivity contribution in [3.63, 3.8) is 0 Å². The molecular formula is C29H29F4NO2. The van der Waals surface area contributed by atoms with Crippen LogP contribution in [0.5, 0.6) is 0 Å². The Morgan fingerprint density at radius 1 is 0.944 bits per heavy atom. The van der Waals surface area contributed by atoms with Crippen LogP contribution in [0.4, 0.5) is 17.6 Å². The first-order valence-corrected chi connectivity index (χ1v) is 12.5. The fourth-order valence-electron chi connectivity index (χ4n) is 5.83. The number of halogens is 4. The average molecular weight is 500 g/mol. The van der Waals surface area contributed by atoms with Crippen LogP contribution in [0.25, 0.3) is 11.1 Å². The molecule has 3 aromatic rings. The van der Waals surface area contributed by atoms with Crippen LogP contribution in [0.15, 0.2) is 48.5 Å². The van der Waals surface area contributed by atoms with Crippen molar-refractivity contribution < 1.29 is 27.8 Å². The Morgan fingerprint density at radius 2 is 1.61 bits per heavy atom. The largest absolute Gasteiger partial charge is 0.416 e. The fourth-order valence-corrected chi connectivity index (χ4v) is 5.83. The Labute approximate surface area is 207 Å². The van der Waals surface area contributed by atoms with E-state index in [1.54, 1.807) is 12.1 Å². The zero-order valence-electron chi connectivity index (χ0n) is 19.9. The highest BCUT2D eigenvalue weighted by molar-refractivity contribution is 5.74. The van der Waals surface area contributed by atoms with Gasteiger partial charge in [-0.2, -0.15) is 13.2 Å². The number of aromatic nitrogens is 1. The number of alkyl halides is 3. The van der Waals surface area contributed by atoms with E-state index < -0.39 is 17.8 Å². The second-order valence-electron chi connectivity index (χ2n) is 10.1. The number of pyridine rings is 1. The van der Waals surface area contributed by atoms with Gasteiger partial charge in [-0.3, -0.25) is 4.98 Å². The Balaban J connectivity index is 1.71. The molecular weight excluding hydrogens is 470 g/mol. The predicted molar refractivity (Wildman–Crippen MR) is 129 cm³/mol. The number of hydrogen-bond donors (Lipinski definition) is 2. The second-order valence-corrected chi connectivity index (χ2v) is 10.1. The van der Waals surface area contributed by atoms with Crippen molar-refractivity contribution in [2.45, 2.75) is 63.1 Å². The quantitative estimate of drug-likeness (QED) is 0.382. The third-order valence-corrected chi connectivity index (χ3v) is 7.61. The lowest BCUT2D eigenvalue weighted by Gasteiger charge is -2.32. The molecule has 0 amide bonds. The van der Waals surface area contributed by atoms with E-state index in [9.17, 15) is 27.8 Å². The molecule has 2 aliphatic carbocycles. The van der Waals surface area contributed by atoms with Crippen LogP contribution in [-0.2, 0) is 19.0 Å². The Morgan fingerprint density at radius 3 is 2.22 bits per heavy atom. The number of benzene rings is 2. The molecule has 1 fully saturated rings. The second kappa shape index (κ2) is 9.94. The van der Waals surface area contributed by atoms with Crippen molar-refractivity contribution in [2.75, 3.05) is 6.61 Å². The lowest BCUT2D eigenvalue weighted by molar-refractivity contribution is -0.137. The van der Waals surface area contributed by atoms with Gasteiger partial charge in [0, 0.05) is 29.5 Å². The molecule has 3 nitrogen and oxygen atoms in total. The van der Waals surface area contributed by atoms with E-state index in [1.165, 1.54) is 24.3 Å². The Bertz CT molecular complexity index is 1220. The summed E-state index contributed by atoms with van der Waals surface area (Å²) in [4.78, 5) is 5.08. The van der Waals surface area contributed by atoms with Gasteiger partial charge in [-0.25, -0.2) is 4.39 Å². The molecule has 7 heteroatoms. The molecule has 2 atom stereocenters. The summed E-state index contributed by atoms with van der Waals surface area (Å²) in [5.74, 6) is -0.258. The van der Waals surface area contributed by atoms with Crippen LogP contribution in [0, 0.1) is 11.7 Å². The summed E-state index contributed by atoms with van der Waals surface area (Å²) in [5.41, 5.74) is 4.80. The van der Waals surface area contributed by atoms with E-state index in [1.807, 2.05) is 0 Å². The summed E-state index contributed by atoms with van der Waals surface area (Å²) in [6.07, 6.45) is 0.136. The number of nitrogens with zero attached hydrogens (tertiary/aromatic N) is 1. The molecule has 2 unspecified atom stereocenters. The summed E-state index contributed by atoms with van der Waals surface area (Å²) >= 11 is 0. The Kier molecular flexibility index (Phi) is 6.88. The minimum atomic E-state index is -4.41. The van der Waals surface area contributed by atoms with E-state index in [4.69, 9.17) is 4.98 Å². The van der Waals surface area contributed by atoms with Crippen molar-refractivity contribution in [3.05, 3.63) is 88.0 Å². The molecule has 0 spiro atoms.